The number of hydrogen-bond acceptors (Lipinski definition) is 6. The Morgan fingerprint density at radius 2 is 1.86 bits per heavy atom. The average Bonchev–Trinajstić information content (AvgIpc) is 3.28. The normalized spacial score (nSPS) is 32.5. The van der Waals surface area contributed by atoms with E-state index in [1.54, 1.807) is 4.90 Å². The second-order valence-corrected chi connectivity index (χ2v) is 11.6. The quantitative estimate of drug-likeness (QED) is 0.496. The molecule has 2 saturated heterocycles. The third-order valence-electron chi connectivity index (χ3n) is 7.99. The Hall–Kier alpha value is -3.10. The predicted octanol–water partition coefficient (Wildman–Crippen LogP) is 3.32. The van der Waals surface area contributed by atoms with Gasteiger partial charge in [0.1, 0.15) is 6.04 Å². The summed E-state index contributed by atoms with van der Waals surface area (Å²) in [6, 6.07) is 13.1. The van der Waals surface area contributed by atoms with Crippen LogP contribution in [0.5, 0.6) is 0 Å². The van der Waals surface area contributed by atoms with Crippen molar-refractivity contribution in [3.8, 4) is 0 Å². The van der Waals surface area contributed by atoms with Gasteiger partial charge >= 0.3 is 5.97 Å². The number of anilines is 1. The second kappa shape index (κ2) is 9.65. The van der Waals surface area contributed by atoms with Gasteiger partial charge in [-0.25, -0.2) is 0 Å². The van der Waals surface area contributed by atoms with E-state index in [0.29, 0.717) is 13.2 Å². The minimum absolute atomic E-state index is 0.0374. The summed E-state index contributed by atoms with van der Waals surface area (Å²) in [5.74, 6) is -2.24. The fraction of sp³-hybridized carbons (Fsp3) is 0.414. The summed E-state index contributed by atoms with van der Waals surface area (Å²) in [6.07, 6.45) is 10.7. The average molecular weight is 519 g/mol. The van der Waals surface area contributed by atoms with Crippen molar-refractivity contribution in [1.82, 2.24) is 4.90 Å². The number of rotatable bonds is 3. The van der Waals surface area contributed by atoms with Crippen molar-refractivity contribution in [1.29, 1.82) is 0 Å². The third-order valence-corrected chi connectivity index (χ3v) is 9.73. The van der Waals surface area contributed by atoms with E-state index in [1.807, 2.05) is 60.7 Å². The number of β-amino-alcohol motifs (C(OH)–C–C–N with tert-alkyl or cyclic N) is 1. The van der Waals surface area contributed by atoms with Gasteiger partial charge in [0.2, 0.25) is 5.91 Å². The van der Waals surface area contributed by atoms with Crippen LogP contribution >= 0.6 is 11.8 Å². The van der Waals surface area contributed by atoms with Gasteiger partial charge in [-0.05, 0) is 42.2 Å². The number of aliphatic hydroxyl groups is 1. The van der Waals surface area contributed by atoms with Crippen LogP contribution in [0.3, 0.4) is 0 Å². The number of amides is 2. The molecule has 0 radical (unpaired) electrons. The summed E-state index contributed by atoms with van der Waals surface area (Å²) in [6.45, 7) is 0.471. The van der Waals surface area contributed by atoms with Crippen molar-refractivity contribution < 1.29 is 24.2 Å². The molecule has 4 heterocycles. The molecule has 0 aromatic heterocycles. The van der Waals surface area contributed by atoms with Crippen LogP contribution in [0.2, 0.25) is 0 Å². The van der Waals surface area contributed by atoms with Gasteiger partial charge in [0.05, 0.1) is 29.8 Å². The molecular weight excluding hydrogens is 488 g/mol. The monoisotopic (exact) mass is 518 g/mol. The Balaban J connectivity index is 1.44. The van der Waals surface area contributed by atoms with Gasteiger partial charge in [0.15, 0.2) is 0 Å². The molecule has 1 spiro atoms. The molecule has 0 aliphatic carbocycles. The topological polar surface area (TPSA) is 87.2 Å². The van der Waals surface area contributed by atoms with E-state index in [2.05, 4.69) is 6.08 Å². The molecule has 6 rings (SSSR count). The van der Waals surface area contributed by atoms with Gasteiger partial charge in [0, 0.05) is 24.0 Å². The van der Waals surface area contributed by atoms with Crippen LogP contribution in [-0.4, -0.2) is 70.1 Å². The van der Waals surface area contributed by atoms with E-state index < -0.39 is 22.6 Å². The number of esters is 1. The largest absolute Gasteiger partial charge is 0.465 e. The van der Waals surface area contributed by atoms with Crippen LogP contribution in [0.15, 0.2) is 66.8 Å². The molecule has 2 amide bonds. The Kier molecular flexibility index (Phi) is 6.32. The van der Waals surface area contributed by atoms with Gasteiger partial charge < -0.3 is 19.6 Å². The number of likely N-dealkylation sites (tertiary alicyclic amines) is 1. The van der Waals surface area contributed by atoms with Crippen LogP contribution in [-0.2, 0) is 19.1 Å². The molecule has 7 nitrogen and oxygen atoms in total. The van der Waals surface area contributed by atoms with Crippen molar-refractivity contribution >= 4 is 46.0 Å². The molecule has 8 heteroatoms. The van der Waals surface area contributed by atoms with Crippen molar-refractivity contribution in [3.05, 3.63) is 66.8 Å². The van der Waals surface area contributed by atoms with Gasteiger partial charge in [-0.3, -0.25) is 14.4 Å². The number of benzene rings is 2. The number of allylic oxidation sites excluding steroid dienone is 1. The van der Waals surface area contributed by atoms with E-state index in [1.165, 1.54) is 16.7 Å². The van der Waals surface area contributed by atoms with Gasteiger partial charge in [0.25, 0.3) is 5.91 Å². The zero-order chi connectivity index (χ0) is 25.6. The first-order valence-electron chi connectivity index (χ1n) is 13.0. The highest BCUT2D eigenvalue weighted by atomic mass is 32.2. The summed E-state index contributed by atoms with van der Waals surface area (Å²) >= 11 is 1.52. The molecule has 1 N–H and O–H groups in total. The molecule has 4 aliphatic heterocycles. The highest BCUT2D eigenvalue weighted by Crippen LogP contribution is 2.60. The minimum Gasteiger partial charge on any atom is -0.465 e. The zero-order valence-corrected chi connectivity index (χ0v) is 21.3. The molecule has 2 fully saturated rings. The fourth-order valence-electron chi connectivity index (χ4n) is 6.34. The summed E-state index contributed by atoms with van der Waals surface area (Å²) in [4.78, 5) is 44.8. The van der Waals surface area contributed by atoms with E-state index in [4.69, 9.17) is 4.74 Å². The van der Waals surface area contributed by atoms with Crippen molar-refractivity contribution in [2.45, 2.75) is 35.3 Å². The number of nitrogens with zero attached hydrogens (tertiary/aromatic N) is 2. The van der Waals surface area contributed by atoms with Crippen molar-refractivity contribution in [2.75, 3.05) is 31.2 Å². The highest BCUT2D eigenvalue weighted by Gasteiger charge is 2.70. The predicted molar refractivity (Wildman–Crippen MR) is 143 cm³/mol. The van der Waals surface area contributed by atoms with E-state index >= 15 is 0 Å². The molecule has 2 aromatic carbocycles. The van der Waals surface area contributed by atoms with Crippen molar-refractivity contribution in [2.24, 2.45) is 11.8 Å². The van der Waals surface area contributed by atoms with Gasteiger partial charge in [-0.2, -0.15) is 0 Å². The lowest BCUT2D eigenvalue weighted by atomic mass is 9.78. The van der Waals surface area contributed by atoms with Crippen LogP contribution < -0.4 is 4.90 Å². The minimum atomic E-state index is -0.915. The van der Waals surface area contributed by atoms with Crippen LogP contribution in [0.1, 0.15) is 19.3 Å². The summed E-state index contributed by atoms with van der Waals surface area (Å²) in [5, 5.41) is 11.7. The van der Waals surface area contributed by atoms with Crippen molar-refractivity contribution in [3.63, 3.8) is 0 Å². The molecule has 192 valence electrons. The smallest absolute Gasteiger partial charge is 0.311 e. The number of carbonyl (C=O) groups is 3. The first-order chi connectivity index (χ1) is 18.0. The maximum Gasteiger partial charge on any atom is 0.311 e. The van der Waals surface area contributed by atoms with Crippen LogP contribution in [0, 0.1) is 11.8 Å². The summed E-state index contributed by atoms with van der Waals surface area (Å²) < 4.78 is 4.71. The zero-order valence-electron chi connectivity index (χ0n) is 20.5. The molecule has 2 aromatic rings. The molecule has 0 saturated carbocycles. The highest BCUT2D eigenvalue weighted by molar-refractivity contribution is 8.02. The number of hydrogen-bond donors (Lipinski definition) is 1. The Morgan fingerprint density at radius 1 is 1.03 bits per heavy atom. The van der Waals surface area contributed by atoms with Crippen LogP contribution in [0.25, 0.3) is 10.8 Å². The molecule has 1 unspecified atom stereocenters. The number of carbonyl (C=O) groups excluding carboxylic acids is 3. The lowest BCUT2D eigenvalue weighted by Gasteiger charge is -2.35. The first kappa shape index (κ1) is 24.2. The van der Waals surface area contributed by atoms with E-state index in [-0.39, 0.29) is 36.2 Å². The number of ether oxygens (including phenoxy) is 1. The maximum atomic E-state index is 14.3. The van der Waals surface area contributed by atoms with E-state index in [9.17, 15) is 19.5 Å². The van der Waals surface area contributed by atoms with Gasteiger partial charge in [-0.15, -0.1) is 11.8 Å². The first-order valence-corrected chi connectivity index (χ1v) is 13.8. The van der Waals surface area contributed by atoms with Crippen LogP contribution in [0.4, 0.5) is 5.69 Å². The molecular formula is C29H30N2O5S. The molecule has 5 atom stereocenters. The SMILES string of the molecule is O=C1OCCCC/C=C\[C@H]2S[C@]34C=CCN(c5ccc6ccccc6c5)C(=O)C3N(CCO)C(=O)[C@@H]4[C@@H]12. The standard InChI is InChI=1S/C29H30N2O5S/c32-16-15-31-25-27(34)30(21-12-11-19-8-4-5-9-20(19)18-21)14-7-13-29(25)24(26(31)33)23-22(37-29)10-3-1-2-6-17-36-28(23)35/h3-5,7-13,18,22-25,32H,1-2,6,14-17H2/b10-3-/t22-,23+,24+,25?,29+/m1/s1. The lowest BCUT2D eigenvalue weighted by Crippen LogP contribution is -2.53. The second-order valence-electron chi connectivity index (χ2n) is 10.1. The Bertz CT molecular complexity index is 1310. The number of thioether (sulfide) groups is 1. The number of aliphatic hydroxyl groups excluding tert-OH is 1. The Labute approximate surface area is 220 Å². The molecule has 4 aliphatic rings. The van der Waals surface area contributed by atoms with E-state index in [0.717, 1.165) is 35.7 Å². The number of fused-ring (bicyclic) bond motifs is 3. The Morgan fingerprint density at radius 3 is 2.70 bits per heavy atom. The maximum absolute atomic E-state index is 14.3. The van der Waals surface area contributed by atoms with Gasteiger partial charge in [-0.1, -0.05) is 54.6 Å². The fourth-order valence-corrected chi connectivity index (χ4v) is 8.34. The third kappa shape index (κ3) is 3.89. The summed E-state index contributed by atoms with van der Waals surface area (Å²) in [5.41, 5.74) is 0.756. The molecule has 0 bridgehead atoms. The summed E-state index contributed by atoms with van der Waals surface area (Å²) in [7, 11) is 0. The molecule has 37 heavy (non-hydrogen) atoms. The number of cyclic esters (lactones) is 1. The lowest BCUT2D eigenvalue weighted by molar-refractivity contribution is -0.153.